The van der Waals surface area contributed by atoms with E-state index >= 15 is 0 Å². The van der Waals surface area contributed by atoms with Crippen LogP contribution in [-0.2, 0) is 19.3 Å². The first-order valence-electron chi connectivity index (χ1n) is 9.94. The van der Waals surface area contributed by atoms with Crippen LogP contribution in [0.25, 0.3) is 0 Å². The second kappa shape index (κ2) is 10.2. The summed E-state index contributed by atoms with van der Waals surface area (Å²) in [7, 11) is 0. The van der Waals surface area contributed by atoms with Gasteiger partial charge in [-0.3, -0.25) is 9.48 Å². The van der Waals surface area contributed by atoms with E-state index in [1.165, 1.54) is 41.3 Å². The molecule has 0 saturated heterocycles. The number of carbonyl (C=O) groups excluding carboxylic acids is 1. The van der Waals surface area contributed by atoms with E-state index in [-0.39, 0.29) is 34.7 Å². The van der Waals surface area contributed by atoms with Crippen molar-refractivity contribution < 1.29 is 27.1 Å². The lowest BCUT2D eigenvalue weighted by atomic mass is 10.1. The van der Waals surface area contributed by atoms with Crippen LogP contribution >= 0.6 is 34.8 Å². The number of nitrogens with zero attached hydrogens (tertiary/aromatic N) is 2. The number of amides is 1. The van der Waals surface area contributed by atoms with Crippen molar-refractivity contribution >= 4 is 46.4 Å². The van der Waals surface area contributed by atoms with Gasteiger partial charge in [0.15, 0.2) is 11.5 Å². The van der Waals surface area contributed by atoms with Crippen LogP contribution in [0.15, 0.2) is 65.3 Å². The summed E-state index contributed by atoms with van der Waals surface area (Å²) in [5.74, 6) is 0.0470. The predicted octanol–water partition coefficient (Wildman–Crippen LogP) is 7.33. The summed E-state index contributed by atoms with van der Waals surface area (Å²) >= 11 is 18.0. The van der Waals surface area contributed by atoms with E-state index in [0.717, 1.165) is 12.1 Å². The standard InChI is InChI=1S/C23H15Cl3F3N3O3/c24-15-7-18(25)21(19(26)8-15)34-12-17-4-5-20(35-17)22(33)31-16-9-30-32(11-16)10-13-2-1-3-14(6-13)23(27,28)29/h1-9,11H,10,12H2,(H,31,33). The lowest BCUT2D eigenvalue weighted by Gasteiger charge is -2.09. The second-order valence-corrected chi connectivity index (χ2v) is 8.58. The molecule has 0 saturated carbocycles. The molecule has 0 aliphatic rings. The van der Waals surface area contributed by atoms with Gasteiger partial charge in [-0.25, -0.2) is 0 Å². The number of benzene rings is 2. The highest BCUT2D eigenvalue weighted by atomic mass is 35.5. The van der Waals surface area contributed by atoms with Crippen molar-refractivity contribution in [2.24, 2.45) is 0 Å². The summed E-state index contributed by atoms with van der Waals surface area (Å²) in [6, 6.07) is 10.9. The van der Waals surface area contributed by atoms with E-state index in [1.807, 2.05) is 0 Å². The molecule has 0 aliphatic heterocycles. The molecule has 0 spiro atoms. The Morgan fingerprint density at radius 2 is 1.83 bits per heavy atom. The van der Waals surface area contributed by atoms with Crippen molar-refractivity contribution in [1.29, 1.82) is 0 Å². The SMILES string of the molecule is O=C(Nc1cnn(Cc2cccc(C(F)(F)F)c2)c1)c1ccc(COc2c(Cl)cc(Cl)cc2Cl)o1. The van der Waals surface area contributed by atoms with Crippen molar-refractivity contribution in [2.45, 2.75) is 19.3 Å². The zero-order valence-electron chi connectivity index (χ0n) is 17.6. The number of hydrogen-bond acceptors (Lipinski definition) is 4. The molecule has 6 nitrogen and oxygen atoms in total. The van der Waals surface area contributed by atoms with Crippen LogP contribution in [0.2, 0.25) is 15.1 Å². The molecule has 0 unspecified atom stereocenters. The Labute approximate surface area is 212 Å². The molecule has 182 valence electrons. The Morgan fingerprint density at radius 3 is 2.54 bits per heavy atom. The number of alkyl halides is 3. The third-order valence-corrected chi connectivity index (χ3v) is 5.48. The number of rotatable bonds is 7. The van der Waals surface area contributed by atoms with Crippen molar-refractivity contribution in [3.05, 3.63) is 98.6 Å². The highest BCUT2D eigenvalue weighted by Crippen LogP contribution is 2.36. The molecular weight excluding hydrogens is 530 g/mol. The van der Waals surface area contributed by atoms with Gasteiger partial charge in [-0.1, -0.05) is 46.9 Å². The third-order valence-electron chi connectivity index (χ3n) is 4.70. The average Bonchev–Trinajstić information content (AvgIpc) is 3.42. The lowest BCUT2D eigenvalue weighted by Crippen LogP contribution is -2.10. The van der Waals surface area contributed by atoms with Crippen molar-refractivity contribution in [2.75, 3.05) is 5.32 Å². The number of halogens is 6. The average molecular weight is 545 g/mol. The molecular formula is C23H15Cl3F3N3O3. The maximum Gasteiger partial charge on any atom is 0.416 e. The van der Waals surface area contributed by atoms with Crippen molar-refractivity contribution in [3.8, 4) is 5.75 Å². The van der Waals surface area contributed by atoms with Gasteiger partial charge in [-0.05, 0) is 42.0 Å². The summed E-state index contributed by atoms with van der Waals surface area (Å²) in [6.07, 6.45) is -1.56. The topological polar surface area (TPSA) is 69.3 Å². The van der Waals surface area contributed by atoms with Gasteiger partial charge in [0, 0.05) is 11.2 Å². The van der Waals surface area contributed by atoms with Gasteiger partial charge in [-0.15, -0.1) is 0 Å². The Balaban J connectivity index is 1.36. The smallest absolute Gasteiger partial charge is 0.416 e. The second-order valence-electron chi connectivity index (χ2n) is 7.33. The fraction of sp³-hybridized carbons (Fsp3) is 0.130. The summed E-state index contributed by atoms with van der Waals surface area (Å²) in [4.78, 5) is 12.5. The van der Waals surface area contributed by atoms with E-state index in [9.17, 15) is 18.0 Å². The molecule has 0 radical (unpaired) electrons. The molecule has 1 amide bonds. The molecule has 4 aromatic rings. The van der Waals surface area contributed by atoms with Crippen LogP contribution in [0, 0.1) is 0 Å². The molecule has 35 heavy (non-hydrogen) atoms. The van der Waals surface area contributed by atoms with E-state index in [2.05, 4.69) is 10.4 Å². The maximum atomic E-state index is 12.9. The highest BCUT2D eigenvalue weighted by Gasteiger charge is 2.30. The summed E-state index contributed by atoms with van der Waals surface area (Å²) < 4.78 is 51.2. The number of furan rings is 1. The van der Waals surface area contributed by atoms with Gasteiger partial charge in [0.05, 0.1) is 34.0 Å². The fourth-order valence-corrected chi connectivity index (χ4v) is 4.05. The molecule has 0 fully saturated rings. The van der Waals surface area contributed by atoms with E-state index in [4.69, 9.17) is 44.0 Å². The lowest BCUT2D eigenvalue weighted by molar-refractivity contribution is -0.137. The molecule has 0 aliphatic carbocycles. The Kier molecular flexibility index (Phi) is 7.30. The Bertz CT molecular complexity index is 1350. The molecule has 2 heterocycles. The third kappa shape index (κ3) is 6.30. The normalized spacial score (nSPS) is 11.5. The molecule has 2 aromatic heterocycles. The van der Waals surface area contributed by atoms with Crippen LogP contribution < -0.4 is 10.1 Å². The number of ether oxygens (including phenoxy) is 1. The van der Waals surface area contributed by atoms with Gasteiger partial charge in [-0.2, -0.15) is 18.3 Å². The first kappa shape index (κ1) is 25.0. The highest BCUT2D eigenvalue weighted by molar-refractivity contribution is 6.40. The molecule has 0 bridgehead atoms. The Hall–Kier alpha value is -3.14. The Morgan fingerprint density at radius 1 is 1.09 bits per heavy atom. The summed E-state index contributed by atoms with van der Waals surface area (Å²) in [5.41, 5.74) is 0.0159. The molecule has 12 heteroatoms. The van der Waals surface area contributed by atoms with Gasteiger partial charge < -0.3 is 14.5 Å². The predicted molar refractivity (Wildman–Crippen MR) is 125 cm³/mol. The van der Waals surface area contributed by atoms with Crippen molar-refractivity contribution in [1.82, 2.24) is 9.78 Å². The molecule has 2 aromatic carbocycles. The molecule has 1 N–H and O–H groups in total. The van der Waals surface area contributed by atoms with Crippen LogP contribution in [-0.4, -0.2) is 15.7 Å². The van der Waals surface area contributed by atoms with Crippen LogP contribution in [0.4, 0.5) is 18.9 Å². The van der Waals surface area contributed by atoms with Crippen LogP contribution in [0.5, 0.6) is 5.75 Å². The largest absolute Gasteiger partial charge is 0.483 e. The van der Waals surface area contributed by atoms with E-state index in [0.29, 0.717) is 22.0 Å². The monoisotopic (exact) mass is 543 g/mol. The van der Waals surface area contributed by atoms with Crippen molar-refractivity contribution in [3.63, 3.8) is 0 Å². The van der Waals surface area contributed by atoms with E-state index < -0.39 is 17.6 Å². The quantitative estimate of drug-likeness (QED) is 0.264. The van der Waals surface area contributed by atoms with Gasteiger partial charge in [0.2, 0.25) is 0 Å². The van der Waals surface area contributed by atoms with Gasteiger partial charge in [0.1, 0.15) is 12.4 Å². The fourth-order valence-electron chi connectivity index (χ4n) is 3.13. The minimum absolute atomic E-state index is 0.0162. The minimum Gasteiger partial charge on any atom is -0.483 e. The summed E-state index contributed by atoms with van der Waals surface area (Å²) in [6.45, 7) is 0.0567. The number of nitrogens with one attached hydrogen (secondary N) is 1. The number of hydrogen-bond donors (Lipinski definition) is 1. The molecule has 0 atom stereocenters. The minimum atomic E-state index is -4.43. The zero-order chi connectivity index (χ0) is 25.2. The van der Waals surface area contributed by atoms with Crippen LogP contribution in [0.3, 0.4) is 0 Å². The van der Waals surface area contributed by atoms with Gasteiger partial charge >= 0.3 is 6.18 Å². The van der Waals surface area contributed by atoms with Crippen LogP contribution in [0.1, 0.15) is 27.4 Å². The maximum absolute atomic E-state index is 12.9. The first-order valence-corrected chi connectivity index (χ1v) is 11.1. The molecule has 4 rings (SSSR count). The number of anilines is 1. The van der Waals surface area contributed by atoms with E-state index in [1.54, 1.807) is 12.1 Å². The first-order chi connectivity index (χ1) is 16.6. The number of aromatic nitrogens is 2. The number of carbonyl (C=O) groups is 1. The van der Waals surface area contributed by atoms with Gasteiger partial charge in [0.25, 0.3) is 5.91 Å². The summed E-state index contributed by atoms with van der Waals surface area (Å²) in [5, 5.41) is 7.52. The zero-order valence-corrected chi connectivity index (χ0v) is 19.8.